The Labute approximate surface area is 132 Å². The van der Waals surface area contributed by atoms with Gasteiger partial charge in [-0.05, 0) is 43.5 Å². The van der Waals surface area contributed by atoms with E-state index in [2.05, 4.69) is 67.7 Å². The predicted molar refractivity (Wildman–Crippen MR) is 92.0 cm³/mol. The first-order valence-corrected chi connectivity index (χ1v) is 8.70. The van der Waals surface area contributed by atoms with Crippen LogP contribution in [0.1, 0.15) is 36.1 Å². The summed E-state index contributed by atoms with van der Waals surface area (Å²) in [4.78, 5) is 1.46. The molecule has 0 spiro atoms. The van der Waals surface area contributed by atoms with Gasteiger partial charge in [0.15, 0.2) is 0 Å². The number of hydrogen-bond acceptors (Lipinski definition) is 2. The molecule has 2 heteroatoms. The quantitative estimate of drug-likeness (QED) is 0.854. The van der Waals surface area contributed by atoms with Crippen LogP contribution >= 0.6 is 11.8 Å². The van der Waals surface area contributed by atoms with Crippen LogP contribution < -0.4 is 5.32 Å². The minimum absolute atomic E-state index is 0.433. The van der Waals surface area contributed by atoms with Crippen molar-refractivity contribution in [3.63, 3.8) is 0 Å². The van der Waals surface area contributed by atoms with Gasteiger partial charge in [-0.2, -0.15) is 0 Å². The van der Waals surface area contributed by atoms with E-state index >= 15 is 0 Å². The van der Waals surface area contributed by atoms with E-state index in [0.717, 1.165) is 13.0 Å². The molecule has 0 radical (unpaired) electrons. The lowest BCUT2D eigenvalue weighted by molar-refractivity contribution is 0.514. The third kappa shape index (κ3) is 3.33. The molecule has 0 saturated carbocycles. The van der Waals surface area contributed by atoms with Crippen LogP contribution in [0.4, 0.5) is 0 Å². The van der Waals surface area contributed by atoms with E-state index in [1.54, 1.807) is 0 Å². The van der Waals surface area contributed by atoms with Gasteiger partial charge in [-0.1, -0.05) is 55.0 Å². The molecule has 1 N–H and O–H groups in total. The Balaban J connectivity index is 1.82. The van der Waals surface area contributed by atoms with Crippen molar-refractivity contribution in [2.24, 2.45) is 0 Å². The molecule has 110 valence electrons. The second-order valence-corrected chi connectivity index (χ2v) is 7.09. The van der Waals surface area contributed by atoms with Crippen molar-refractivity contribution in [2.75, 3.05) is 6.54 Å². The molecule has 0 aromatic heterocycles. The van der Waals surface area contributed by atoms with E-state index in [9.17, 15) is 0 Å². The van der Waals surface area contributed by atoms with Gasteiger partial charge in [0.2, 0.25) is 0 Å². The molecule has 0 saturated heterocycles. The van der Waals surface area contributed by atoms with E-state index < -0.39 is 0 Å². The van der Waals surface area contributed by atoms with E-state index in [4.69, 9.17) is 0 Å². The van der Waals surface area contributed by atoms with Crippen molar-refractivity contribution >= 4 is 11.8 Å². The number of thioether (sulfide) groups is 1. The molecule has 2 aromatic carbocycles. The summed E-state index contributed by atoms with van der Waals surface area (Å²) >= 11 is 2.03. The molecule has 2 unspecified atom stereocenters. The molecule has 2 aromatic rings. The Morgan fingerprint density at radius 3 is 2.62 bits per heavy atom. The summed E-state index contributed by atoms with van der Waals surface area (Å²) < 4.78 is 0. The summed E-state index contributed by atoms with van der Waals surface area (Å²) in [5.74, 6) is 0. The summed E-state index contributed by atoms with van der Waals surface area (Å²) in [5.41, 5.74) is 4.25. The highest BCUT2D eigenvalue weighted by atomic mass is 32.2. The molecule has 1 aliphatic rings. The number of aryl methyl sites for hydroxylation is 1. The Hall–Kier alpha value is -1.25. The zero-order valence-corrected chi connectivity index (χ0v) is 13.6. The topological polar surface area (TPSA) is 12.0 Å². The van der Waals surface area contributed by atoms with E-state index in [0.29, 0.717) is 11.3 Å². The Morgan fingerprint density at radius 2 is 1.90 bits per heavy atom. The lowest BCUT2D eigenvalue weighted by atomic mass is 9.98. The fourth-order valence-electron chi connectivity index (χ4n) is 2.93. The molecular weight excluding hydrogens is 274 g/mol. The molecular formula is C19H23NS. The predicted octanol–water partition coefficient (Wildman–Crippen LogP) is 4.75. The van der Waals surface area contributed by atoms with E-state index in [1.807, 2.05) is 11.8 Å². The maximum Gasteiger partial charge on any atom is 0.0447 e. The van der Waals surface area contributed by atoms with Gasteiger partial charge in [-0.15, -0.1) is 11.8 Å². The van der Waals surface area contributed by atoms with Crippen LogP contribution in [0.2, 0.25) is 0 Å². The highest BCUT2D eigenvalue weighted by Gasteiger charge is 2.29. The van der Waals surface area contributed by atoms with Gasteiger partial charge in [-0.25, -0.2) is 0 Å². The SMILES string of the molecule is CCCNC(c1ccc(C)cc1)C1Cc2ccccc2S1. The number of rotatable bonds is 5. The summed E-state index contributed by atoms with van der Waals surface area (Å²) in [6.07, 6.45) is 2.34. The van der Waals surface area contributed by atoms with Gasteiger partial charge >= 0.3 is 0 Å². The average molecular weight is 297 g/mol. The molecule has 21 heavy (non-hydrogen) atoms. The molecule has 3 rings (SSSR count). The normalized spacial score (nSPS) is 18.5. The zero-order valence-electron chi connectivity index (χ0n) is 12.8. The van der Waals surface area contributed by atoms with Gasteiger partial charge in [0.25, 0.3) is 0 Å². The van der Waals surface area contributed by atoms with Gasteiger partial charge in [0, 0.05) is 16.2 Å². The fourth-order valence-corrected chi connectivity index (χ4v) is 4.37. The number of fused-ring (bicyclic) bond motifs is 1. The first-order valence-electron chi connectivity index (χ1n) is 7.82. The Kier molecular flexibility index (Phi) is 4.67. The number of benzene rings is 2. The second-order valence-electron chi connectivity index (χ2n) is 5.81. The van der Waals surface area contributed by atoms with Crippen LogP contribution in [0.15, 0.2) is 53.4 Å². The third-order valence-electron chi connectivity index (χ3n) is 4.09. The molecule has 0 aliphatic carbocycles. The molecule has 0 fully saturated rings. The second kappa shape index (κ2) is 6.67. The van der Waals surface area contributed by atoms with Crippen molar-refractivity contribution < 1.29 is 0 Å². The third-order valence-corrected chi connectivity index (χ3v) is 5.49. The van der Waals surface area contributed by atoms with Crippen LogP contribution in [0.3, 0.4) is 0 Å². The monoisotopic (exact) mass is 297 g/mol. The number of nitrogens with one attached hydrogen (secondary N) is 1. The molecule has 1 heterocycles. The molecule has 2 atom stereocenters. The maximum atomic E-state index is 3.76. The van der Waals surface area contributed by atoms with E-state index in [-0.39, 0.29) is 0 Å². The van der Waals surface area contributed by atoms with Crippen LogP contribution in [0.25, 0.3) is 0 Å². The maximum absolute atomic E-state index is 3.76. The van der Waals surface area contributed by atoms with Crippen molar-refractivity contribution in [1.82, 2.24) is 5.32 Å². The largest absolute Gasteiger partial charge is 0.309 e. The molecule has 0 bridgehead atoms. The molecule has 1 aliphatic heterocycles. The lowest BCUT2D eigenvalue weighted by Crippen LogP contribution is -2.30. The van der Waals surface area contributed by atoms with Crippen molar-refractivity contribution in [3.8, 4) is 0 Å². The minimum atomic E-state index is 0.433. The van der Waals surface area contributed by atoms with Gasteiger partial charge in [0.1, 0.15) is 0 Å². The summed E-state index contributed by atoms with van der Waals surface area (Å²) in [6, 6.07) is 18.3. The summed E-state index contributed by atoms with van der Waals surface area (Å²) in [6.45, 7) is 5.46. The van der Waals surface area contributed by atoms with Crippen molar-refractivity contribution in [3.05, 3.63) is 65.2 Å². The summed E-state index contributed by atoms with van der Waals surface area (Å²) in [5, 5.41) is 4.36. The smallest absolute Gasteiger partial charge is 0.0447 e. The lowest BCUT2D eigenvalue weighted by Gasteiger charge is -2.25. The van der Waals surface area contributed by atoms with Gasteiger partial charge in [-0.3, -0.25) is 0 Å². The van der Waals surface area contributed by atoms with Crippen molar-refractivity contribution in [2.45, 2.75) is 42.9 Å². The standard InChI is InChI=1S/C19H23NS/c1-3-12-20-19(15-10-8-14(2)9-11-15)18-13-16-6-4-5-7-17(16)21-18/h4-11,18-20H,3,12-13H2,1-2H3. The van der Waals surface area contributed by atoms with Crippen molar-refractivity contribution in [1.29, 1.82) is 0 Å². The highest BCUT2D eigenvalue weighted by molar-refractivity contribution is 8.00. The van der Waals surface area contributed by atoms with Crippen LogP contribution in [-0.2, 0) is 6.42 Å². The van der Waals surface area contributed by atoms with Crippen LogP contribution in [0, 0.1) is 6.92 Å². The number of hydrogen-bond donors (Lipinski definition) is 1. The Bertz CT molecular complexity index is 566. The highest BCUT2D eigenvalue weighted by Crippen LogP contribution is 2.42. The zero-order chi connectivity index (χ0) is 14.7. The average Bonchev–Trinajstić information content (AvgIpc) is 2.93. The molecule has 0 amide bonds. The first-order chi connectivity index (χ1) is 10.3. The molecule has 1 nitrogen and oxygen atoms in total. The minimum Gasteiger partial charge on any atom is -0.309 e. The van der Waals surface area contributed by atoms with Crippen LogP contribution in [0.5, 0.6) is 0 Å². The summed E-state index contributed by atoms with van der Waals surface area (Å²) in [7, 11) is 0. The first kappa shape index (κ1) is 14.7. The Morgan fingerprint density at radius 1 is 1.14 bits per heavy atom. The van der Waals surface area contributed by atoms with Gasteiger partial charge < -0.3 is 5.32 Å². The van der Waals surface area contributed by atoms with Crippen LogP contribution in [-0.4, -0.2) is 11.8 Å². The van der Waals surface area contributed by atoms with Gasteiger partial charge in [0.05, 0.1) is 0 Å². The fraction of sp³-hybridized carbons (Fsp3) is 0.368. The van der Waals surface area contributed by atoms with E-state index in [1.165, 1.54) is 28.0 Å².